The number of anilines is 1. The van der Waals surface area contributed by atoms with Crippen LogP contribution in [0, 0.1) is 0 Å². The Morgan fingerprint density at radius 2 is 1.81 bits per heavy atom. The third kappa shape index (κ3) is 5.34. The fourth-order valence-electron chi connectivity index (χ4n) is 2.74. The molecule has 11 heteroatoms. The van der Waals surface area contributed by atoms with E-state index in [0.29, 0.717) is 40.4 Å². The molecule has 3 amide bonds. The number of rotatable bonds is 5. The zero-order valence-electron chi connectivity index (χ0n) is 16.4. The second-order valence-electron chi connectivity index (χ2n) is 6.48. The number of esters is 1. The Kier molecular flexibility index (Phi) is 6.52. The van der Waals surface area contributed by atoms with Crippen LogP contribution in [0.2, 0.25) is 5.02 Å². The summed E-state index contributed by atoms with van der Waals surface area (Å²) < 4.78 is 15.8. The molecule has 1 aliphatic heterocycles. The van der Waals surface area contributed by atoms with Gasteiger partial charge in [-0.25, -0.2) is 14.6 Å². The molecule has 1 aromatic heterocycles. The monoisotopic (exact) mass is 473 g/mol. The maximum atomic E-state index is 12.2. The number of aromatic nitrogens is 1. The molecule has 0 unspecified atom stereocenters. The maximum absolute atomic E-state index is 12.2. The minimum absolute atomic E-state index is 0.0634. The SMILES string of the molecule is O=C(COC(=O)c1csc(-c2ccc(Cl)cc2)n1)NC(=O)Nc1ccc2c(c1)OCCO2. The number of fused-ring (bicyclic) bond motifs is 1. The van der Waals surface area contributed by atoms with Crippen molar-refractivity contribution in [3.63, 3.8) is 0 Å². The predicted octanol–water partition coefficient (Wildman–Crippen LogP) is 3.74. The third-order valence-corrected chi connectivity index (χ3v) is 5.34. The van der Waals surface area contributed by atoms with E-state index >= 15 is 0 Å². The molecule has 32 heavy (non-hydrogen) atoms. The van der Waals surface area contributed by atoms with E-state index in [1.54, 1.807) is 42.5 Å². The van der Waals surface area contributed by atoms with Gasteiger partial charge in [-0.2, -0.15) is 0 Å². The normalized spacial score (nSPS) is 12.0. The Hall–Kier alpha value is -3.63. The van der Waals surface area contributed by atoms with Crippen molar-refractivity contribution in [2.75, 3.05) is 25.1 Å². The number of halogens is 1. The van der Waals surface area contributed by atoms with Gasteiger partial charge in [-0.05, 0) is 24.3 Å². The fourth-order valence-corrected chi connectivity index (χ4v) is 3.67. The Bertz CT molecular complexity index is 1160. The first-order chi connectivity index (χ1) is 15.5. The lowest BCUT2D eigenvalue weighted by molar-refractivity contribution is -0.123. The van der Waals surface area contributed by atoms with E-state index in [2.05, 4.69) is 15.6 Å². The van der Waals surface area contributed by atoms with Gasteiger partial charge in [0.05, 0.1) is 0 Å². The van der Waals surface area contributed by atoms with Crippen LogP contribution >= 0.6 is 22.9 Å². The average Bonchev–Trinajstić information content (AvgIpc) is 3.28. The highest BCUT2D eigenvalue weighted by Gasteiger charge is 2.17. The van der Waals surface area contributed by atoms with Crippen molar-refractivity contribution in [2.45, 2.75) is 0 Å². The number of hydrogen-bond donors (Lipinski definition) is 2. The molecular formula is C21H16ClN3O6S. The number of hydrogen-bond acceptors (Lipinski definition) is 8. The molecule has 4 rings (SSSR count). The largest absolute Gasteiger partial charge is 0.486 e. The number of amides is 3. The molecule has 164 valence electrons. The molecule has 0 bridgehead atoms. The van der Waals surface area contributed by atoms with Crippen LogP contribution in [0.1, 0.15) is 10.5 Å². The molecule has 0 radical (unpaired) electrons. The van der Waals surface area contributed by atoms with E-state index in [0.717, 1.165) is 5.56 Å². The molecule has 0 fully saturated rings. The van der Waals surface area contributed by atoms with Crippen LogP contribution in [0.25, 0.3) is 10.6 Å². The van der Waals surface area contributed by atoms with Gasteiger partial charge < -0.3 is 19.5 Å². The van der Waals surface area contributed by atoms with Gasteiger partial charge in [0, 0.05) is 27.7 Å². The summed E-state index contributed by atoms with van der Waals surface area (Å²) in [7, 11) is 0. The zero-order valence-corrected chi connectivity index (χ0v) is 18.0. The summed E-state index contributed by atoms with van der Waals surface area (Å²) >= 11 is 7.12. The number of carbonyl (C=O) groups excluding carboxylic acids is 3. The quantitative estimate of drug-likeness (QED) is 0.542. The van der Waals surface area contributed by atoms with Crippen molar-refractivity contribution in [1.29, 1.82) is 0 Å². The molecule has 0 aliphatic carbocycles. The molecule has 1 aliphatic rings. The van der Waals surface area contributed by atoms with Crippen LogP contribution in [0.3, 0.4) is 0 Å². The number of nitrogens with zero attached hydrogens (tertiary/aromatic N) is 1. The van der Waals surface area contributed by atoms with Gasteiger partial charge in [0.25, 0.3) is 5.91 Å². The van der Waals surface area contributed by atoms with Crippen molar-refractivity contribution < 1.29 is 28.6 Å². The summed E-state index contributed by atoms with van der Waals surface area (Å²) in [4.78, 5) is 40.3. The van der Waals surface area contributed by atoms with Gasteiger partial charge >= 0.3 is 12.0 Å². The van der Waals surface area contributed by atoms with Gasteiger partial charge in [-0.3, -0.25) is 10.1 Å². The predicted molar refractivity (Wildman–Crippen MR) is 117 cm³/mol. The lowest BCUT2D eigenvalue weighted by Crippen LogP contribution is -2.37. The number of thiazole rings is 1. The highest BCUT2D eigenvalue weighted by Crippen LogP contribution is 2.32. The molecule has 0 atom stereocenters. The lowest BCUT2D eigenvalue weighted by Gasteiger charge is -2.19. The first-order valence-corrected chi connectivity index (χ1v) is 10.6. The van der Waals surface area contributed by atoms with Gasteiger partial charge in [-0.15, -0.1) is 11.3 Å². The van der Waals surface area contributed by atoms with Crippen molar-refractivity contribution >= 4 is 46.5 Å². The lowest BCUT2D eigenvalue weighted by atomic mass is 10.2. The summed E-state index contributed by atoms with van der Waals surface area (Å²) in [5, 5.41) is 7.31. The smallest absolute Gasteiger partial charge is 0.358 e. The number of benzene rings is 2. The van der Waals surface area contributed by atoms with E-state index in [9.17, 15) is 14.4 Å². The van der Waals surface area contributed by atoms with E-state index in [1.807, 2.05) is 0 Å². The highest BCUT2D eigenvalue weighted by atomic mass is 35.5. The summed E-state index contributed by atoms with van der Waals surface area (Å²) in [6.45, 7) is 0.227. The molecule has 2 heterocycles. The standard InChI is InChI=1S/C21H16ClN3O6S/c22-13-3-1-12(2-4-13)19-24-15(11-32-19)20(27)31-10-18(26)25-21(28)23-14-5-6-16-17(9-14)30-8-7-29-16/h1-6,9,11H,7-8,10H2,(H2,23,25,26,28). The Labute approximate surface area is 191 Å². The number of nitrogens with one attached hydrogen (secondary N) is 2. The third-order valence-electron chi connectivity index (χ3n) is 4.19. The number of carbonyl (C=O) groups is 3. The van der Waals surface area contributed by atoms with E-state index in [4.69, 9.17) is 25.8 Å². The van der Waals surface area contributed by atoms with Crippen LogP contribution in [0.15, 0.2) is 47.8 Å². The van der Waals surface area contributed by atoms with Crippen LogP contribution < -0.4 is 20.1 Å². The molecular weight excluding hydrogens is 458 g/mol. The number of urea groups is 1. The average molecular weight is 474 g/mol. The molecule has 0 spiro atoms. The molecule has 9 nitrogen and oxygen atoms in total. The molecule has 2 N–H and O–H groups in total. The number of ether oxygens (including phenoxy) is 3. The molecule has 3 aromatic rings. The Morgan fingerprint density at radius 1 is 1.06 bits per heavy atom. The second kappa shape index (κ2) is 9.67. The van der Waals surface area contributed by atoms with Gasteiger partial charge in [0.2, 0.25) is 0 Å². The fraction of sp³-hybridized carbons (Fsp3) is 0.143. The molecule has 2 aromatic carbocycles. The first kappa shape index (κ1) is 21.6. The first-order valence-electron chi connectivity index (χ1n) is 9.37. The number of imide groups is 1. The molecule has 0 saturated carbocycles. The van der Waals surface area contributed by atoms with Crippen molar-refractivity contribution in [2.24, 2.45) is 0 Å². The maximum Gasteiger partial charge on any atom is 0.358 e. The van der Waals surface area contributed by atoms with Crippen LogP contribution in [-0.4, -0.2) is 42.7 Å². The summed E-state index contributed by atoms with van der Waals surface area (Å²) in [5.41, 5.74) is 1.27. The zero-order chi connectivity index (χ0) is 22.5. The van der Waals surface area contributed by atoms with E-state index < -0.39 is 24.5 Å². The van der Waals surface area contributed by atoms with Gasteiger partial charge in [0.1, 0.15) is 18.2 Å². The Balaban J connectivity index is 1.26. The summed E-state index contributed by atoms with van der Waals surface area (Å²) in [6, 6.07) is 11.1. The minimum atomic E-state index is -0.790. The van der Waals surface area contributed by atoms with Crippen molar-refractivity contribution in [3.8, 4) is 22.1 Å². The van der Waals surface area contributed by atoms with Crippen molar-refractivity contribution in [1.82, 2.24) is 10.3 Å². The molecule has 0 saturated heterocycles. The van der Waals surface area contributed by atoms with Crippen LogP contribution in [0.4, 0.5) is 10.5 Å². The van der Waals surface area contributed by atoms with E-state index in [1.165, 1.54) is 16.7 Å². The minimum Gasteiger partial charge on any atom is -0.486 e. The topological polar surface area (TPSA) is 116 Å². The Morgan fingerprint density at radius 3 is 2.59 bits per heavy atom. The second-order valence-corrected chi connectivity index (χ2v) is 7.78. The van der Waals surface area contributed by atoms with Crippen LogP contribution in [-0.2, 0) is 9.53 Å². The summed E-state index contributed by atoms with van der Waals surface area (Å²) in [5.74, 6) is -0.493. The van der Waals surface area contributed by atoms with Gasteiger partial charge in [0.15, 0.2) is 23.8 Å². The van der Waals surface area contributed by atoms with Gasteiger partial charge in [-0.1, -0.05) is 23.7 Å². The summed E-state index contributed by atoms with van der Waals surface area (Å²) in [6.07, 6.45) is 0. The van der Waals surface area contributed by atoms with E-state index in [-0.39, 0.29) is 5.69 Å². The van der Waals surface area contributed by atoms with Crippen molar-refractivity contribution in [3.05, 3.63) is 58.6 Å². The van der Waals surface area contributed by atoms with Crippen LogP contribution in [0.5, 0.6) is 11.5 Å². The highest BCUT2D eigenvalue weighted by molar-refractivity contribution is 7.13.